The van der Waals surface area contributed by atoms with Gasteiger partial charge in [-0.25, -0.2) is 0 Å². The SMILES string of the molecule is CCCC[O][Zr](=[O])([O]CCCC)[c]1cccc(C(C)(C)c2ccccc2)c1C(C)(C)c1ccccc1. The summed E-state index contributed by atoms with van der Waals surface area (Å²) in [5.74, 6) is 0. The predicted octanol–water partition coefficient (Wildman–Crippen LogP) is 7.93. The average molecular weight is 567 g/mol. The van der Waals surface area contributed by atoms with E-state index in [9.17, 15) is 2.81 Å². The minimum absolute atomic E-state index is 0.307. The fourth-order valence-electron chi connectivity index (χ4n) is 4.91. The molecule has 0 radical (unpaired) electrons. The second-order valence-corrected chi connectivity index (χ2v) is 16.1. The second-order valence-electron chi connectivity index (χ2n) is 10.7. The van der Waals surface area contributed by atoms with E-state index in [1.54, 1.807) is 0 Å². The van der Waals surface area contributed by atoms with Gasteiger partial charge in [0.15, 0.2) is 0 Å². The number of rotatable bonds is 13. The van der Waals surface area contributed by atoms with Crippen LogP contribution in [0.1, 0.15) is 89.5 Å². The Labute approximate surface area is 224 Å². The Morgan fingerprint density at radius 2 is 1.11 bits per heavy atom. The van der Waals surface area contributed by atoms with E-state index in [2.05, 4.69) is 96.1 Å². The fourth-order valence-corrected chi connectivity index (χ4v) is 10.5. The van der Waals surface area contributed by atoms with Crippen molar-refractivity contribution in [2.24, 2.45) is 0 Å². The van der Waals surface area contributed by atoms with Gasteiger partial charge in [-0.05, 0) is 0 Å². The molecule has 0 amide bonds. The van der Waals surface area contributed by atoms with Crippen molar-refractivity contribution < 1.29 is 29.6 Å². The van der Waals surface area contributed by atoms with Gasteiger partial charge < -0.3 is 0 Å². The first kappa shape index (κ1) is 28.8. The van der Waals surface area contributed by atoms with Crippen molar-refractivity contribution >= 4 is 3.27 Å². The third-order valence-corrected chi connectivity index (χ3v) is 12.8. The molecule has 0 spiro atoms. The molecule has 3 aromatic rings. The van der Waals surface area contributed by atoms with Crippen LogP contribution in [0.5, 0.6) is 0 Å². The molecule has 4 heteroatoms. The van der Waals surface area contributed by atoms with Gasteiger partial charge in [-0.1, -0.05) is 0 Å². The van der Waals surface area contributed by atoms with Crippen LogP contribution in [0, 0.1) is 0 Å². The normalized spacial score (nSPS) is 12.6. The van der Waals surface area contributed by atoms with E-state index in [-0.39, 0.29) is 5.41 Å². The van der Waals surface area contributed by atoms with Crippen LogP contribution in [0.3, 0.4) is 0 Å². The van der Waals surface area contributed by atoms with Crippen molar-refractivity contribution in [3.05, 3.63) is 101 Å². The molecule has 3 nitrogen and oxygen atoms in total. The van der Waals surface area contributed by atoms with Crippen LogP contribution in [0.25, 0.3) is 0 Å². The van der Waals surface area contributed by atoms with Crippen molar-refractivity contribution in [2.45, 2.75) is 78.1 Å². The molecule has 0 bridgehead atoms. The molecule has 0 unspecified atom stereocenters. The van der Waals surface area contributed by atoms with Crippen molar-refractivity contribution in [1.82, 2.24) is 0 Å². The molecule has 3 aromatic carbocycles. The summed E-state index contributed by atoms with van der Waals surface area (Å²) in [5, 5.41) is 0. The minimum atomic E-state index is -4.91. The third kappa shape index (κ3) is 6.39. The molecule has 0 aliphatic carbocycles. The summed E-state index contributed by atoms with van der Waals surface area (Å²) in [5.41, 5.74) is 3.92. The maximum absolute atomic E-state index is 14.7. The number of benzene rings is 3. The molecular formula is C32H43O3Zr. The van der Waals surface area contributed by atoms with Crippen molar-refractivity contribution in [3.63, 3.8) is 0 Å². The molecule has 0 aliphatic rings. The Balaban J connectivity index is 2.30. The van der Waals surface area contributed by atoms with Crippen LogP contribution in [-0.2, 0) is 40.4 Å². The first-order valence-electron chi connectivity index (χ1n) is 13.4. The van der Waals surface area contributed by atoms with Gasteiger partial charge in [0, 0.05) is 0 Å². The Bertz CT molecular complexity index is 1120. The van der Waals surface area contributed by atoms with Crippen LogP contribution in [0.4, 0.5) is 0 Å². The zero-order valence-electron chi connectivity index (χ0n) is 23.0. The van der Waals surface area contributed by atoms with Gasteiger partial charge in [0.1, 0.15) is 0 Å². The summed E-state index contributed by atoms with van der Waals surface area (Å²) in [6.45, 7) is 14.1. The molecular weight excluding hydrogens is 524 g/mol. The van der Waals surface area contributed by atoms with Crippen LogP contribution in [-0.4, -0.2) is 13.2 Å². The molecule has 0 aromatic heterocycles. The van der Waals surface area contributed by atoms with Gasteiger partial charge in [-0.2, -0.15) is 0 Å². The monoisotopic (exact) mass is 565 g/mol. The Morgan fingerprint density at radius 1 is 0.639 bits per heavy atom. The van der Waals surface area contributed by atoms with E-state index >= 15 is 0 Å². The Hall–Kier alpha value is -1.74. The van der Waals surface area contributed by atoms with Crippen molar-refractivity contribution in [2.75, 3.05) is 13.2 Å². The molecule has 3 rings (SSSR count). The van der Waals surface area contributed by atoms with Crippen LogP contribution >= 0.6 is 0 Å². The molecule has 193 valence electrons. The maximum atomic E-state index is 14.7. The van der Waals surface area contributed by atoms with Gasteiger partial charge in [0.25, 0.3) is 0 Å². The van der Waals surface area contributed by atoms with E-state index in [1.165, 1.54) is 11.1 Å². The molecule has 0 heterocycles. The van der Waals surface area contributed by atoms with E-state index in [0.29, 0.717) is 13.2 Å². The van der Waals surface area contributed by atoms with Gasteiger partial charge >= 0.3 is 225 Å². The summed E-state index contributed by atoms with van der Waals surface area (Å²) in [6, 6.07) is 27.3. The quantitative estimate of drug-likeness (QED) is 0.197. The van der Waals surface area contributed by atoms with Crippen LogP contribution in [0.2, 0.25) is 0 Å². The number of hydrogen-bond donors (Lipinski definition) is 0. The third-order valence-electron chi connectivity index (χ3n) is 7.26. The van der Waals surface area contributed by atoms with Crippen LogP contribution < -0.4 is 3.27 Å². The zero-order valence-corrected chi connectivity index (χ0v) is 25.4. The Morgan fingerprint density at radius 3 is 1.58 bits per heavy atom. The molecule has 0 saturated heterocycles. The van der Waals surface area contributed by atoms with E-state index < -0.39 is 26.6 Å². The van der Waals surface area contributed by atoms with E-state index in [1.807, 2.05) is 24.3 Å². The van der Waals surface area contributed by atoms with Gasteiger partial charge in [0.05, 0.1) is 0 Å². The zero-order chi connectivity index (χ0) is 26.2. The summed E-state index contributed by atoms with van der Waals surface area (Å²) in [7, 11) is 0. The Kier molecular flexibility index (Phi) is 10.2. The molecule has 0 fully saturated rings. The summed E-state index contributed by atoms with van der Waals surface area (Å²) < 4.78 is 28.1. The van der Waals surface area contributed by atoms with Gasteiger partial charge in [-0.3, -0.25) is 0 Å². The first-order chi connectivity index (χ1) is 17.2. The molecule has 36 heavy (non-hydrogen) atoms. The standard InChI is InChI=1S/C24H25.2C4H9O.O.Zr/c1-23(2,19-13-7-5-8-14-19)21-17-11-12-18-22(21)24(3,4)20-15-9-6-10-16-20;2*1-2-3-4-5;;/h5-17H,1-4H3;2*2-4H2,1H3;;/q;2*-1;;+2. The average Bonchev–Trinajstić information content (AvgIpc) is 2.89. The molecule has 0 aliphatic heterocycles. The summed E-state index contributed by atoms with van der Waals surface area (Å²) in [6.07, 6.45) is 3.70. The molecule has 0 N–H and O–H groups in total. The second kappa shape index (κ2) is 12.7. The van der Waals surface area contributed by atoms with Crippen LogP contribution in [0.15, 0.2) is 78.9 Å². The number of unbranched alkanes of at least 4 members (excludes halogenated alkanes) is 2. The summed E-state index contributed by atoms with van der Waals surface area (Å²) in [4.78, 5) is 0. The van der Waals surface area contributed by atoms with E-state index in [0.717, 1.165) is 40.1 Å². The van der Waals surface area contributed by atoms with E-state index in [4.69, 9.17) is 5.63 Å². The first-order valence-corrected chi connectivity index (χ1v) is 17.7. The van der Waals surface area contributed by atoms with Gasteiger partial charge in [-0.15, -0.1) is 0 Å². The summed E-state index contributed by atoms with van der Waals surface area (Å²) >= 11 is -4.91. The molecule has 0 saturated carbocycles. The number of hydrogen-bond acceptors (Lipinski definition) is 3. The van der Waals surface area contributed by atoms with Gasteiger partial charge in [0.2, 0.25) is 0 Å². The van der Waals surface area contributed by atoms with Crippen molar-refractivity contribution in [3.8, 4) is 0 Å². The topological polar surface area (TPSA) is 35.5 Å². The fraction of sp³-hybridized carbons (Fsp3) is 0.438. The van der Waals surface area contributed by atoms with Crippen molar-refractivity contribution in [1.29, 1.82) is 0 Å². The molecule has 0 atom stereocenters. The predicted molar refractivity (Wildman–Crippen MR) is 146 cm³/mol.